The van der Waals surface area contributed by atoms with Crippen molar-refractivity contribution in [1.82, 2.24) is 4.98 Å². The van der Waals surface area contributed by atoms with Gasteiger partial charge >= 0.3 is 5.97 Å². The van der Waals surface area contributed by atoms with Gasteiger partial charge in [0.2, 0.25) is 0 Å². The molecule has 0 aliphatic heterocycles. The minimum Gasteiger partial charge on any atom is -0.477 e. The summed E-state index contributed by atoms with van der Waals surface area (Å²) in [6.07, 6.45) is 0. The quantitative estimate of drug-likeness (QED) is 0.653. The Morgan fingerprint density at radius 3 is 2.75 bits per heavy atom. The molecule has 0 bridgehead atoms. The van der Waals surface area contributed by atoms with Gasteiger partial charge < -0.3 is 10.8 Å². The summed E-state index contributed by atoms with van der Waals surface area (Å²) in [4.78, 5) is 13.9. The normalized spacial score (nSPS) is 9.83. The molecule has 0 unspecified atom stereocenters. The molecule has 0 radical (unpaired) electrons. The predicted octanol–water partition coefficient (Wildman–Crippen LogP) is 0.810. The summed E-state index contributed by atoms with van der Waals surface area (Å²) in [7, 11) is 0. The number of aromatic carboxylic acids is 1. The fourth-order valence-corrected chi connectivity index (χ4v) is 0.791. The Morgan fingerprint density at radius 1 is 1.75 bits per heavy atom. The Balaban J connectivity index is 3.31. The maximum absolute atomic E-state index is 12.8. The van der Waals surface area contributed by atoms with E-state index in [1.54, 1.807) is 0 Å². The highest BCUT2D eigenvalue weighted by Gasteiger charge is 2.10. The third-order valence-electron chi connectivity index (χ3n) is 1.37. The number of aryl methyl sites for hydroxylation is 1. The lowest BCUT2D eigenvalue weighted by Gasteiger charge is -2.01. The topological polar surface area (TPSA) is 76.2 Å². The molecule has 0 saturated heterocycles. The second-order valence-corrected chi connectivity index (χ2v) is 2.30. The van der Waals surface area contributed by atoms with Crippen LogP contribution >= 0.6 is 0 Å². The van der Waals surface area contributed by atoms with Crippen molar-refractivity contribution in [3.63, 3.8) is 0 Å². The summed E-state index contributed by atoms with van der Waals surface area (Å²) in [5.74, 6) is -1.88. The maximum atomic E-state index is 12.8. The van der Waals surface area contributed by atoms with Crippen molar-refractivity contribution in [1.29, 1.82) is 0 Å². The Hall–Kier alpha value is -1.65. The molecule has 0 atom stereocenters. The zero-order valence-electron chi connectivity index (χ0n) is 6.34. The van der Waals surface area contributed by atoms with Gasteiger partial charge in [-0.2, -0.15) is 0 Å². The van der Waals surface area contributed by atoms with E-state index in [9.17, 15) is 9.18 Å². The SMILES string of the molecule is Cc1nc(C(=O)O)cc(N)c1F. The number of aromatic nitrogens is 1. The third-order valence-corrected chi connectivity index (χ3v) is 1.37. The molecule has 1 heterocycles. The molecule has 4 nitrogen and oxygen atoms in total. The van der Waals surface area contributed by atoms with Gasteiger partial charge in [-0.1, -0.05) is 0 Å². The van der Waals surface area contributed by atoms with E-state index in [1.807, 2.05) is 0 Å². The van der Waals surface area contributed by atoms with Gasteiger partial charge in [-0.05, 0) is 13.0 Å². The van der Waals surface area contributed by atoms with E-state index in [2.05, 4.69) is 4.98 Å². The number of carboxylic acids is 1. The number of hydrogen-bond donors (Lipinski definition) is 2. The van der Waals surface area contributed by atoms with Crippen molar-refractivity contribution in [2.45, 2.75) is 6.92 Å². The van der Waals surface area contributed by atoms with E-state index in [1.165, 1.54) is 6.92 Å². The van der Waals surface area contributed by atoms with Crippen LogP contribution in [-0.4, -0.2) is 16.1 Å². The van der Waals surface area contributed by atoms with Crippen LogP contribution in [0.15, 0.2) is 6.07 Å². The minimum absolute atomic E-state index is 0.00704. The molecule has 0 aromatic carbocycles. The highest BCUT2D eigenvalue weighted by atomic mass is 19.1. The molecule has 12 heavy (non-hydrogen) atoms. The predicted molar refractivity (Wildman–Crippen MR) is 40.3 cm³/mol. The summed E-state index contributed by atoms with van der Waals surface area (Å²) < 4.78 is 12.8. The highest BCUT2D eigenvalue weighted by Crippen LogP contribution is 2.13. The first-order valence-corrected chi connectivity index (χ1v) is 3.18. The first-order valence-electron chi connectivity index (χ1n) is 3.18. The van der Waals surface area contributed by atoms with E-state index in [0.717, 1.165) is 6.07 Å². The summed E-state index contributed by atoms with van der Waals surface area (Å²) in [6, 6.07) is 0.991. The third kappa shape index (κ3) is 1.34. The number of rotatable bonds is 1. The van der Waals surface area contributed by atoms with Gasteiger partial charge in [0.05, 0.1) is 11.4 Å². The average molecular weight is 170 g/mol. The standard InChI is InChI=1S/C7H7FN2O2/c1-3-6(8)4(9)2-5(10-3)7(11)12/h2H,1H3,(H2,9,10)(H,11,12). The van der Waals surface area contributed by atoms with E-state index in [0.29, 0.717) is 0 Å². The molecule has 1 aromatic heterocycles. The van der Waals surface area contributed by atoms with Crippen LogP contribution in [0.2, 0.25) is 0 Å². The first kappa shape index (κ1) is 8.45. The number of hydrogen-bond acceptors (Lipinski definition) is 3. The van der Waals surface area contributed by atoms with E-state index in [-0.39, 0.29) is 17.1 Å². The molecular weight excluding hydrogens is 163 g/mol. The molecule has 1 rings (SSSR count). The van der Waals surface area contributed by atoms with Crippen LogP contribution in [0.4, 0.5) is 10.1 Å². The summed E-state index contributed by atoms with van der Waals surface area (Å²) >= 11 is 0. The number of nitrogens with zero attached hydrogens (tertiary/aromatic N) is 1. The molecule has 0 amide bonds. The van der Waals surface area contributed by atoms with Gasteiger partial charge in [-0.25, -0.2) is 14.2 Å². The van der Waals surface area contributed by atoms with Gasteiger partial charge in [0.15, 0.2) is 11.5 Å². The van der Waals surface area contributed by atoms with Crippen LogP contribution in [0.1, 0.15) is 16.2 Å². The van der Waals surface area contributed by atoms with Crippen LogP contribution in [0.3, 0.4) is 0 Å². The Labute approximate surface area is 67.8 Å². The van der Waals surface area contributed by atoms with Crippen molar-refractivity contribution in [3.05, 3.63) is 23.3 Å². The van der Waals surface area contributed by atoms with Crippen LogP contribution in [0, 0.1) is 12.7 Å². The maximum Gasteiger partial charge on any atom is 0.354 e. The second-order valence-electron chi connectivity index (χ2n) is 2.30. The zero-order chi connectivity index (χ0) is 9.30. The molecule has 0 spiro atoms. The lowest BCUT2D eigenvalue weighted by molar-refractivity contribution is 0.0690. The molecule has 5 heteroatoms. The molecule has 1 aromatic rings. The largest absolute Gasteiger partial charge is 0.477 e. The zero-order valence-corrected chi connectivity index (χ0v) is 6.34. The minimum atomic E-state index is -1.22. The monoisotopic (exact) mass is 170 g/mol. The van der Waals surface area contributed by atoms with Crippen LogP contribution < -0.4 is 5.73 Å². The summed E-state index contributed by atoms with van der Waals surface area (Å²) in [6.45, 7) is 1.36. The van der Waals surface area contributed by atoms with Crippen molar-refractivity contribution in [2.75, 3.05) is 5.73 Å². The van der Waals surface area contributed by atoms with Gasteiger partial charge in [0.25, 0.3) is 0 Å². The fourth-order valence-electron chi connectivity index (χ4n) is 0.791. The van der Waals surface area contributed by atoms with E-state index in [4.69, 9.17) is 10.8 Å². The highest BCUT2D eigenvalue weighted by molar-refractivity contribution is 5.86. The average Bonchev–Trinajstić information content (AvgIpc) is 1.99. The van der Waals surface area contributed by atoms with E-state index >= 15 is 0 Å². The molecule has 0 saturated carbocycles. The van der Waals surface area contributed by atoms with Gasteiger partial charge in [0.1, 0.15) is 0 Å². The molecule has 0 aliphatic carbocycles. The molecule has 64 valence electrons. The number of carboxylic acid groups (broad SMARTS) is 1. The van der Waals surface area contributed by atoms with Crippen LogP contribution in [0.25, 0.3) is 0 Å². The van der Waals surface area contributed by atoms with E-state index < -0.39 is 11.8 Å². The summed E-state index contributed by atoms with van der Waals surface area (Å²) in [5.41, 5.74) is 4.74. The Kier molecular flexibility index (Phi) is 1.95. The fraction of sp³-hybridized carbons (Fsp3) is 0.143. The van der Waals surface area contributed by atoms with Crippen LogP contribution in [0.5, 0.6) is 0 Å². The van der Waals surface area contributed by atoms with Crippen molar-refractivity contribution in [3.8, 4) is 0 Å². The van der Waals surface area contributed by atoms with Gasteiger partial charge in [0, 0.05) is 0 Å². The number of anilines is 1. The lowest BCUT2D eigenvalue weighted by Crippen LogP contribution is -2.05. The van der Waals surface area contributed by atoms with Gasteiger partial charge in [-0.15, -0.1) is 0 Å². The smallest absolute Gasteiger partial charge is 0.354 e. The number of carbonyl (C=O) groups is 1. The Bertz CT molecular complexity index is 315. The number of nitrogens with two attached hydrogens (primary N) is 1. The number of nitrogen functional groups attached to an aromatic ring is 1. The number of halogens is 1. The van der Waals surface area contributed by atoms with Gasteiger partial charge in [-0.3, -0.25) is 0 Å². The Morgan fingerprint density at radius 2 is 2.33 bits per heavy atom. The molecule has 3 N–H and O–H groups in total. The first-order chi connectivity index (χ1) is 5.52. The van der Waals surface area contributed by atoms with Crippen molar-refractivity contribution in [2.24, 2.45) is 0 Å². The van der Waals surface area contributed by atoms with Crippen LogP contribution in [-0.2, 0) is 0 Å². The molecule has 0 fully saturated rings. The lowest BCUT2D eigenvalue weighted by atomic mass is 10.2. The molecular formula is C7H7FN2O2. The summed E-state index contributed by atoms with van der Waals surface area (Å²) in [5, 5.41) is 8.48. The number of pyridine rings is 1. The van der Waals surface area contributed by atoms with Crippen molar-refractivity contribution >= 4 is 11.7 Å². The molecule has 0 aliphatic rings. The van der Waals surface area contributed by atoms with Crippen molar-refractivity contribution < 1.29 is 14.3 Å². The second kappa shape index (κ2) is 2.77.